The Balaban J connectivity index is 2.31. The Morgan fingerprint density at radius 3 is 2.53 bits per heavy atom. The number of carbonyl (C=O) groups excluding carboxylic acids is 1. The first-order valence-corrected chi connectivity index (χ1v) is 6.65. The Labute approximate surface area is 97.0 Å². The van der Waals surface area contributed by atoms with Crippen LogP contribution in [0.2, 0.25) is 0 Å². The molecule has 1 aliphatic rings. The van der Waals surface area contributed by atoms with Crippen LogP contribution in [0.15, 0.2) is 0 Å². The van der Waals surface area contributed by atoms with Gasteiger partial charge in [-0.25, -0.2) is 0 Å². The lowest BCUT2D eigenvalue weighted by Gasteiger charge is -2.34. The van der Waals surface area contributed by atoms with E-state index in [0.29, 0.717) is 22.8 Å². The average Bonchev–Trinajstić information content (AvgIpc) is 2.16. The highest BCUT2D eigenvalue weighted by Gasteiger charge is 2.25. The van der Waals surface area contributed by atoms with Crippen LogP contribution >= 0.6 is 11.8 Å². The molecular weight excluding hydrogens is 208 g/mol. The van der Waals surface area contributed by atoms with Gasteiger partial charge in [-0.05, 0) is 20.0 Å². The molecule has 1 heterocycles. The Bertz CT molecular complexity index is 201. The van der Waals surface area contributed by atoms with E-state index in [0.717, 1.165) is 26.1 Å². The van der Waals surface area contributed by atoms with E-state index in [1.807, 2.05) is 23.7 Å². The van der Waals surface area contributed by atoms with Crippen molar-refractivity contribution in [2.75, 3.05) is 26.7 Å². The fraction of sp³-hybridized carbons (Fsp3) is 0.909. The number of rotatable bonds is 4. The summed E-state index contributed by atoms with van der Waals surface area (Å²) in [6, 6.07) is 0. The molecule has 0 aromatic rings. The van der Waals surface area contributed by atoms with E-state index in [-0.39, 0.29) is 0 Å². The fourth-order valence-electron chi connectivity index (χ4n) is 1.96. The number of carbonyl (C=O) groups is 1. The summed E-state index contributed by atoms with van der Waals surface area (Å²) in [5.74, 6) is 0.323. The molecule has 1 fully saturated rings. The number of hydrogen-bond acceptors (Lipinski definition) is 3. The zero-order chi connectivity index (χ0) is 11.3. The van der Waals surface area contributed by atoms with E-state index in [1.54, 1.807) is 0 Å². The first-order chi connectivity index (χ1) is 7.13. The summed E-state index contributed by atoms with van der Waals surface area (Å²) in [4.78, 5) is 13.9. The highest BCUT2D eigenvalue weighted by atomic mass is 32.2. The van der Waals surface area contributed by atoms with E-state index in [1.165, 1.54) is 0 Å². The molecule has 0 aromatic carbocycles. The molecule has 88 valence electrons. The lowest BCUT2D eigenvalue weighted by molar-refractivity contribution is -0.131. The second-order valence-electron chi connectivity index (χ2n) is 4.26. The summed E-state index contributed by atoms with van der Waals surface area (Å²) in [5, 5.41) is 4.24. The quantitative estimate of drug-likeness (QED) is 0.740. The van der Waals surface area contributed by atoms with Gasteiger partial charge in [0.2, 0.25) is 5.91 Å². The van der Waals surface area contributed by atoms with Gasteiger partial charge in [0.05, 0.1) is 0 Å². The fourth-order valence-corrected chi connectivity index (χ4v) is 3.28. The van der Waals surface area contributed by atoms with E-state index < -0.39 is 0 Å². The Morgan fingerprint density at radius 2 is 2.00 bits per heavy atom. The second kappa shape index (κ2) is 6.38. The van der Waals surface area contributed by atoms with Crippen LogP contribution in [0.4, 0.5) is 0 Å². The lowest BCUT2D eigenvalue weighted by Crippen LogP contribution is -2.44. The summed E-state index contributed by atoms with van der Waals surface area (Å²) in [7, 11) is 1.92. The minimum atomic E-state index is 0.323. The van der Waals surface area contributed by atoms with E-state index in [4.69, 9.17) is 0 Å². The van der Waals surface area contributed by atoms with Gasteiger partial charge >= 0.3 is 0 Å². The second-order valence-corrected chi connectivity index (χ2v) is 6.14. The first-order valence-electron chi connectivity index (χ1n) is 5.71. The standard InChI is InChI=1S/C11H22N2OS/c1-9-7-13(8-10(2)15-9)11(14)5-4-6-12-3/h9-10,12H,4-8H2,1-3H3. The highest BCUT2D eigenvalue weighted by Crippen LogP contribution is 2.24. The van der Waals surface area contributed by atoms with Crippen LogP contribution in [0.3, 0.4) is 0 Å². The van der Waals surface area contributed by atoms with Crippen molar-refractivity contribution in [3.63, 3.8) is 0 Å². The molecule has 0 bridgehead atoms. The summed E-state index contributed by atoms with van der Waals surface area (Å²) in [6.07, 6.45) is 1.63. The van der Waals surface area contributed by atoms with Crippen molar-refractivity contribution in [1.29, 1.82) is 0 Å². The molecule has 4 heteroatoms. The number of nitrogens with one attached hydrogen (secondary N) is 1. The lowest BCUT2D eigenvalue weighted by atomic mass is 10.2. The van der Waals surface area contributed by atoms with Crippen LogP contribution in [-0.4, -0.2) is 48.0 Å². The zero-order valence-electron chi connectivity index (χ0n) is 9.95. The Hall–Kier alpha value is -0.220. The van der Waals surface area contributed by atoms with Crippen LogP contribution in [0.25, 0.3) is 0 Å². The minimum absolute atomic E-state index is 0.323. The molecule has 1 aliphatic heterocycles. The largest absolute Gasteiger partial charge is 0.341 e. The van der Waals surface area contributed by atoms with Crippen LogP contribution in [-0.2, 0) is 4.79 Å². The molecule has 1 amide bonds. The normalized spacial score (nSPS) is 26.7. The molecule has 1 N–H and O–H groups in total. The van der Waals surface area contributed by atoms with Crippen molar-refractivity contribution < 1.29 is 4.79 Å². The number of nitrogens with zero attached hydrogens (tertiary/aromatic N) is 1. The third-order valence-corrected chi connectivity index (χ3v) is 3.82. The smallest absolute Gasteiger partial charge is 0.222 e. The van der Waals surface area contributed by atoms with Gasteiger partial charge < -0.3 is 10.2 Å². The van der Waals surface area contributed by atoms with E-state index in [2.05, 4.69) is 19.2 Å². The van der Waals surface area contributed by atoms with Gasteiger partial charge in [0.25, 0.3) is 0 Å². The summed E-state index contributed by atoms with van der Waals surface area (Å²) >= 11 is 1.98. The van der Waals surface area contributed by atoms with Crippen LogP contribution in [0, 0.1) is 0 Å². The molecule has 15 heavy (non-hydrogen) atoms. The van der Waals surface area contributed by atoms with E-state index in [9.17, 15) is 4.79 Å². The predicted octanol–water partition coefficient (Wildman–Crippen LogP) is 1.34. The van der Waals surface area contributed by atoms with Crippen LogP contribution in [0.1, 0.15) is 26.7 Å². The van der Waals surface area contributed by atoms with Gasteiger partial charge in [-0.3, -0.25) is 4.79 Å². The number of thioether (sulfide) groups is 1. The van der Waals surface area contributed by atoms with Crippen molar-refractivity contribution >= 4 is 17.7 Å². The van der Waals surface area contributed by atoms with Crippen LogP contribution in [0.5, 0.6) is 0 Å². The van der Waals surface area contributed by atoms with Gasteiger partial charge in [-0.15, -0.1) is 0 Å². The molecule has 3 nitrogen and oxygen atoms in total. The van der Waals surface area contributed by atoms with Crippen molar-refractivity contribution in [2.45, 2.75) is 37.2 Å². The summed E-state index contributed by atoms with van der Waals surface area (Å²) in [6.45, 7) is 7.18. The molecule has 0 radical (unpaired) electrons. The molecule has 2 unspecified atom stereocenters. The van der Waals surface area contributed by atoms with Gasteiger partial charge in [0, 0.05) is 30.0 Å². The maximum atomic E-state index is 11.9. The van der Waals surface area contributed by atoms with Crippen molar-refractivity contribution in [3.05, 3.63) is 0 Å². The number of amides is 1. The summed E-state index contributed by atoms with van der Waals surface area (Å²) < 4.78 is 0. The van der Waals surface area contributed by atoms with Crippen molar-refractivity contribution in [3.8, 4) is 0 Å². The van der Waals surface area contributed by atoms with Gasteiger partial charge in [-0.2, -0.15) is 11.8 Å². The molecule has 0 aromatic heterocycles. The van der Waals surface area contributed by atoms with Gasteiger partial charge in [-0.1, -0.05) is 13.8 Å². The van der Waals surface area contributed by atoms with Crippen molar-refractivity contribution in [1.82, 2.24) is 10.2 Å². The van der Waals surface area contributed by atoms with Crippen molar-refractivity contribution in [2.24, 2.45) is 0 Å². The van der Waals surface area contributed by atoms with E-state index >= 15 is 0 Å². The molecular formula is C11H22N2OS. The maximum Gasteiger partial charge on any atom is 0.222 e. The number of hydrogen-bond donors (Lipinski definition) is 1. The Kier molecular flexibility index (Phi) is 5.47. The zero-order valence-corrected chi connectivity index (χ0v) is 10.8. The van der Waals surface area contributed by atoms with Gasteiger partial charge in [0.15, 0.2) is 0 Å². The predicted molar refractivity (Wildman–Crippen MR) is 66.3 cm³/mol. The van der Waals surface area contributed by atoms with Crippen LogP contribution < -0.4 is 5.32 Å². The minimum Gasteiger partial charge on any atom is -0.341 e. The summed E-state index contributed by atoms with van der Waals surface area (Å²) in [5.41, 5.74) is 0. The monoisotopic (exact) mass is 230 g/mol. The average molecular weight is 230 g/mol. The topological polar surface area (TPSA) is 32.3 Å². The SMILES string of the molecule is CNCCCC(=O)N1CC(C)SC(C)C1. The third kappa shape index (κ3) is 4.43. The molecule has 0 saturated carbocycles. The molecule has 0 spiro atoms. The maximum absolute atomic E-state index is 11.9. The Morgan fingerprint density at radius 1 is 1.40 bits per heavy atom. The van der Waals surface area contributed by atoms with Gasteiger partial charge in [0.1, 0.15) is 0 Å². The third-order valence-electron chi connectivity index (χ3n) is 2.59. The molecule has 2 atom stereocenters. The highest BCUT2D eigenvalue weighted by molar-refractivity contribution is 8.00. The first kappa shape index (κ1) is 12.8. The molecule has 0 aliphatic carbocycles. The molecule has 1 saturated heterocycles. The molecule has 1 rings (SSSR count).